The van der Waals surface area contributed by atoms with Crippen LogP contribution in [-0.2, 0) is 4.79 Å². The highest BCUT2D eigenvalue weighted by molar-refractivity contribution is 5.94. The molecule has 0 saturated carbocycles. The van der Waals surface area contributed by atoms with Crippen LogP contribution >= 0.6 is 0 Å². The second kappa shape index (κ2) is 5.84. The number of nitrogens with one attached hydrogen (secondary N) is 1. The van der Waals surface area contributed by atoms with Gasteiger partial charge in [-0.3, -0.25) is 4.79 Å². The zero-order valence-electron chi connectivity index (χ0n) is 8.66. The first kappa shape index (κ1) is 11.3. The number of rotatable bonds is 2. The molecule has 3 N–H and O–H groups in total. The monoisotopic (exact) mass is 202 g/mol. The summed E-state index contributed by atoms with van der Waals surface area (Å²) >= 11 is 0. The Bertz CT molecular complexity index is 376. The molecule has 0 bridgehead atoms. The molecule has 3 heteroatoms. The van der Waals surface area contributed by atoms with Crippen molar-refractivity contribution in [1.82, 2.24) is 5.32 Å². The van der Waals surface area contributed by atoms with Crippen molar-refractivity contribution < 1.29 is 4.79 Å². The lowest BCUT2D eigenvalue weighted by molar-refractivity contribution is -0.116. The molecule has 0 aromatic heterocycles. The Balaban J connectivity index is 2.55. The predicted octanol–water partition coefficient (Wildman–Crippen LogP) is 0.501. The number of amides is 1. The van der Waals surface area contributed by atoms with E-state index in [0.717, 1.165) is 5.56 Å². The zero-order valence-corrected chi connectivity index (χ0v) is 8.66. The van der Waals surface area contributed by atoms with Gasteiger partial charge in [0, 0.05) is 24.1 Å². The molecule has 15 heavy (non-hydrogen) atoms. The normalized spacial score (nSPS) is 11.1. The van der Waals surface area contributed by atoms with Crippen LogP contribution < -0.4 is 11.1 Å². The lowest BCUT2D eigenvalue weighted by Crippen LogP contribution is -2.37. The third kappa shape index (κ3) is 4.30. The van der Waals surface area contributed by atoms with Gasteiger partial charge in [-0.1, -0.05) is 24.1 Å². The van der Waals surface area contributed by atoms with Gasteiger partial charge in [0.15, 0.2) is 0 Å². The number of hydrogen-bond donors (Lipinski definition) is 2. The van der Waals surface area contributed by atoms with E-state index in [1.807, 2.05) is 37.3 Å². The Hall–Kier alpha value is -1.79. The summed E-state index contributed by atoms with van der Waals surface area (Å²) < 4.78 is 0. The van der Waals surface area contributed by atoms with Gasteiger partial charge >= 0.3 is 0 Å². The fourth-order valence-electron chi connectivity index (χ4n) is 0.969. The average molecular weight is 202 g/mol. The van der Waals surface area contributed by atoms with Gasteiger partial charge < -0.3 is 11.1 Å². The maximum Gasteiger partial charge on any atom is 0.296 e. The highest BCUT2D eigenvalue weighted by Gasteiger charge is 2.00. The molecule has 1 aromatic carbocycles. The molecule has 0 aliphatic carbocycles. The van der Waals surface area contributed by atoms with Crippen LogP contribution in [0.5, 0.6) is 0 Å². The van der Waals surface area contributed by atoms with Gasteiger partial charge in [0.2, 0.25) is 0 Å². The van der Waals surface area contributed by atoms with Crippen molar-refractivity contribution in [3.05, 3.63) is 35.9 Å². The van der Waals surface area contributed by atoms with Crippen LogP contribution in [0.2, 0.25) is 0 Å². The van der Waals surface area contributed by atoms with Crippen molar-refractivity contribution in [1.29, 1.82) is 0 Å². The molecule has 0 fully saturated rings. The quantitative estimate of drug-likeness (QED) is 0.686. The SMILES string of the molecule is CC(CN)NC(=O)C#Cc1ccccc1. The Labute approximate surface area is 89.7 Å². The van der Waals surface area contributed by atoms with Crippen molar-refractivity contribution >= 4 is 5.91 Å². The molecule has 0 heterocycles. The summed E-state index contributed by atoms with van der Waals surface area (Å²) in [5, 5.41) is 2.66. The summed E-state index contributed by atoms with van der Waals surface area (Å²) in [7, 11) is 0. The minimum Gasteiger partial charge on any atom is -0.342 e. The highest BCUT2D eigenvalue weighted by atomic mass is 16.1. The van der Waals surface area contributed by atoms with Gasteiger partial charge in [-0.15, -0.1) is 0 Å². The minimum atomic E-state index is -0.295. The van der Waals surface area contributed by atoms with Gasteiger partial charge in [-0.05, 0) is 19.1 Å². The molecular weight excluding hydrogens is 188 g/mol. The van der Waals surface area contributed by atoms with Crippen molar-refractivity contribution in [3.8, 4) is 11.8 Å². The van der Waals surface area contributed by atoms with E-state index in [2.05, 4.69) is 17.2 Å². The predicted molar refractivity (Wildman–Crippen MR) is 60.0 cm³/mol. The van der Waals surface area contributed by atoms with Gasteiger partial charge in [0.1, 0.15) is 0 Å². The van der Waals surface area contributed by atoms with Crippen LogP contribution in [0.3, 0.4) is 0 Å². The highest BCUT2D eigenvalue weighted by Crippen LogP contribution is 1.94. The molecular formula is C12H14N2O. The zero-order chi connectivity index (χ0) is 11.1. The molecule has 3 nitrogen and oxygen atoms in total. The summed E-state index contributed by atoms with van der Waals surface area (Å²) in [5.41, 5.74) is 6.19. The van der Waals surface area contributed by atoms with Crippen molar-refractivity contribution in [3.63, 3.8) is 0 Å². The lowest BCUT2D eigenvalue weighted by Gasteiger charge is -2.06. The minimum absolute atomic E-state index is 0.0393. The van der Waals surface area contributed by atoms with Crippen LogP contribution in [0.1, 0.15) is 12.5 Å². The van der Waals surface area contributed by atoms with Crippen LogP contribution in [-0.4, -0.2) is 18.5 Å². The Morgan fingerprint density at radius 3 is 2.73 bits per heavy atom. The molecule has 1 atom stereocenters. The number of benzene rings is 1. The topological polar surface area (TPSA) is 55.1 Å². The van der Waals surface area contributed by atoms with E-state index in [-0.39, 0.29) is 11.9 Å². The van der Waals surface area contributed by atoms with E-state index in [1.54, 1.807) is 0 Å². The summed E-state index contributed by atoms with van der Waals surface area (Å²) in [5.74, 6) is 4.98. The molecule has 0 spiro atoms. The van der Waals surface area contributed by atoms with E-state index >= 15 is 0 Å². The number of nitrogens with two attached hydrogens (primary N) is 1. The first-order valence-corrected chi connectivity index (χ1v) is 4.80. The largest absolute Gasteiger partial charge is 0.342 e. The lowest BCUT2D eigenvalue weighted by atomic mass is 10.2. The third-order valence-corrected chi connectivity index (χ3v) is 1.83. The van der Waals surface area contributed by atoms with Crippen LogP contribution in [0.4, 0.5) is 0 Å². The van der Waals surface area contributed by atoms with E-state index in [0.29, 0.717) is 6.54 Å². The summed E-state index contributed by atoms with van der Waals surface area (Å²) in [6.45, 7) is 2.25. The van der Waals surface area contributed by atoms with E-state index < -0.39 is 0 Å². The molecule has 1 unspecified atom stereocenters. The molecule has 0 saturated heterocycles. The first-order chi connectivity index (χ1) is 7.22. The van der Waals surface area contributed by atoms with Crippen LogP contribution in [0.15, 0.2) is 30.3 Å². The van der Waals surface area contributed by atoms with E-state index in [1.165, 1.54) is 0 Å². The van der Waals surface area contributed by atoms with Gasteiger partial charge in [-0.25, -0.2) is 0 Å². The average Bonchev–Trinajstić information content (AvgIpc) is 2.27. The van der Waals surface area contributed by atoms with Crippen LogP contribution in [0, 0.1) is 11.8 Å². The third-order valence-electron chi connectivity index (χ3n) is 1.83. The molecule has 1 aromatic rings. The molecule has 1 amide bonds. The Morgan fingerprint density at radius 2 is 2.13 bits per heavy atom. The smallest absolute Gasteiger partial charge is 0.296 e. The summed E-state index contributed by atoms with van der Waals surface area (Å²) in [6.07, 6.45) is 0. The van der Waals surface area contributed by atoms with Gasteiger partial charge in [-0.2, -0.15) is 0 Å². The van der Waals surface area contributed by atoms with E-state index in [4.69, 9.17) is 5.73 Å². The van der Waals surface area contributed by atoms with Crippen molar-refractivity contribution in [2.24, 2.45) is 5.73 Å². The summed E-state index contributed by atoms with van der Waals surface area (Å²) in [6, 6.07) is 9.33. The van der Waals surface area contributed by atoms with Gasteiger partial charge in [0.25, 0.3) is 5.91 Å². The summed E-state index contributed by atoms with van der Waals surface area (Å²) in [4.78, 5) is 11.2. The fourth-order valence-corrected chi connectivity index (χ4v) is 0.969. The molecule has 1 rings (SSSR count). The maximum absolute atomic E-state index is 11.2. The molecule has 0 radical (unpaired) electrons. The first-order valence-electron chi connectivity index (χ1n) is 4.80. The van der Waals surface area contributed by atoms with Crippen molar-refractivity contribution in [2.75, 3.05) is 6.54 Å². The molecule has 0 aliphatic rings. The number of hydrogen-bond acceptors (Lipinski definition) is 2. The second-order valence-electron chi connectivity index (χ2n) is 3.23. The standard InChI is InChI=1S/C12H14N2O/c1-10(9-13)14-12(15)8-7-11-5-3-2-4-6-11/h2-6,10H,9,13H2,1H3,(H,14,15). The molecule has 0 aliphatic heterocycles. The maximum atomic E-state index is 11.2. The van der Waals surface area contributed by atoms with Crippen LogP contribution in [0.25, 0.3) is 0 Å². The Kier molecular flexibility index (Phi) is 4.39. The number of carbonyl (C=O) groups is 1. The van der Waals surface area contributed by atoms with Gasteiger partial charge in [0.05, 0.1) is 0 Å². The fraction of sp³-hybridized carbons (Fsp3) is 0.250. The number of carbonyl (C=O) groups excluding carboxylic acids is 1. The van der Waals surface area contributed by atoms with E-state index in [9.17, 15) is 4.79 Å². The second-order valence-corrected chi connectivity index (χ2v) is 3.23. The Morgan fingerprint density at radius 1 is 1.47 bits per heavy atom. The molecule has 78 valence electrons. The van der Waals surface area contributed by atoms with Crippen molar-refractivity contribution in [2.45, 2.75) is 13.0 Å².